The van der Waals surface area contributed by atoms with E-state index in [0.29, 0.717) is 0 Å². The van der Waals surface area contributed by atoms with Gasteiger partial charge in [0, 0.05) is 0 Å². The van der Waals surface area contributed by atoms with Gasteiger partial charge in [-0.3, -0.25) is 0 Å². The van der Waals surface area contributed by atoms with Crippen LogP contribution in [0.5, 0.6) is 0 Å². The SMILES string of the molecule is CC(C)[As]1c2ccccc2-c2cccnc21. The number of rotatable bonds is 1. The van der Waals surface area contributed by atoms with Crippen LogP contribution in [-0.2, 0) is 0 Å². The Labute approximate surface area is 101 Å². The van der Waals surface area contributed by atoms with E-state index in [9.17, 15) is 0 Å². The summed E-state index contributed by atoms with van der Waals surface area (Å²) in [5.74, 6) is 0. The van der Waals surface area contributed by atoms with Crippen molar-refractivity contribution in [2.45, 2.75) is 18.6 Å². The Hall–Kier alpha value is -1.07. The predicted molar refractivity (Wildman–Crippen MR) is 69.8 cm³/mol. The van der Waals surface area contributed by atoms with Crippen molar-refractivity contribution in [2.75, 3.05) is 0 Å². The molecule has 0 N–H and O–H groups in total. The van der Waals surface area contributed by atoms with Crippen LogP contribution in [0.2, 0.25) is 4.71 Å². The van der Waals surface area contributed by atoms with E-state index in [-0.39, 0.29) is 0 Å². The van der Waals surface area contributed by atoms with Crippen LogP contribution in [0.1, 0.15) is 13.8 Å². The number of fused-ring (bicyclic) bond motifs is 3. The third kappa shape index (κ3) is 1.35. The van der Waals surface area contributed by atoms with E-state index in [1.54, 1.807) is 4.35 Å². The van der Waals surface area contributed by atoms with Gasteiger partial charge in [0.2, 0.25) is 0 Å². The van der Waals surface area contributed by atoms with Gasteiger partial charge in [0.1, 0.15) is 0 Å². The summed E-state index contributed by atoms with van der Waals surface area (Å²) in [6, 6.07) is 13.1. The van der Waals surface area contributed by atoms with Crippen LogP contribution in [0.25, 0.3) is 11.1 Å². The molecule has 16 heavy (non-hydrogen) atoms. The van der Waals surface area contributed by atoms with Crippen LogP contribution in [0, 0.1) is 0 Å². The number of hydrogen-bond donors (Lipinski definition) is 0. The van der Waals surface area contributed by atoms with Gasteiger partial charge in [-0.1, -0.05) is 0 Å². The Bertz CT molecular complexity index is 488. The summed E-state index contributed by atoms with van der Waals surface area (Å²) in [5, 5.41) is 0. The van der Waals surface area contributed by atoms with Crippen molar-refractivity contribution in [3.05, 3.63) is 42.6 Å². The van der Waals surface area contributed by atoms with Gasteiger partial charge >= 0.3 is 101 Å². The van der Waals surface area contributed by atoms with Gasteiger partial charge in [0.05, 0.1) is 0 Å². The summed E-state index contributed by atoms with van der Waals surface area (Å²) >= 11 is -1.14. The van der Waals surface area contributed by atoms with E-state index in [0.717, 1.165) is 4.71 Å². The Morgan fingerprint density at radius 2 is 1.75 bits per heavy atom. The quantitative estimate of drug-likeness (QED) is 0.724. The van der Waals surface area contributed by atoms with Crippen molar-refractivity contribution >= 4 is 23.5 Å². The van der Waals surface area contributed by atoms with Crippen molar-refractivity contribution in [3.63, 3.8) is 0 Å². The molecule has 0 radical (unpaired) electrons. The van der Waals surface area contributed by atoms with Gasteiger partial charge in [-0.25, -0.2) is 0 Å². The van der Waals surface area contributed by atoms with Crippen LogP contribution in [-0.4, -0.2) is 19.6 Å². The van der Waals surface area contributed by atoms with Crippen LogP contribution in [0.15, 0.2) is 42.6 Å². The monoisotopic (exact) mass is 271 g/mol. The van der Waals surface area contributed by atoms with Gasteiger partial charge < -0.3 is 0 Å². The molecule has 0 spiro atoms. The molecular formula is C14H14AsN. The second-order valence-corrected chi connectivity index (χ2v) is 9.97. The van der Waals surface area contributed by atoms with E-state index in [1.165, 1.54) is 15.6 Å². The number of aromatic nitrogens is 1. The fraction of sp³-hybridized carbons (Fsp3) is 0.214. The van der Waals surface area contributed by atoms with Crippen LogP contribution >= 0.6 is 0 Å². The first-order chi connectivity index (χ1) is 7.79. The molecule has 1 nitrogen and oxygen atoms in total. The fourth-order valence-electron chi connectivity index (χ4n) is 2.35. The van der Waals surface area contributed by atoms with Crippen molar-refractivity contribution in [1.82, 2.24) is 4.98 Å². The molecule has 0 fully saturated rings. The topological polar surface area (TPSA) is 12.9 Å². The average Bonchev–Trinajstić information content (AvgIpc) is 2.63. The maximum atomic E-state index is 4.64. The van der Waals surface area contributed by atoms with Gasteiger partial charge in [-0.2, -0.15) is 0 Å². The molecule has 0 aliphatic carbocycles. The predicted octanol–water partition coefficient (Wildman–Crippen LogP) is 2.08. The second kappa shape index (κ2) is 3.75. The molecule has 2 heteroatoms. The standard InChI is InChI=1S/C14H14AsN/c1-10(2)15-13-8-4-3-6-11(13)12-7-5-9-16-14(12)15/h3-10H,1-2H3. The maximum absolute atomic E-state index is 4.64. The summed E-state index contributed by atoms with van der Waals surface area (Å²) < 4.78 is 3.72. The zero-order chi connectivity index (χ0) is 11.1. The molecule has 0 saturated heterocycles. The van der Waals surface area contributed by atoms with Crippen LogP contribution in [0.3, 0.4) is 0 Å². The molecule has 1 aliphatic rings. The molecule has 3 rings (SSSR count). The van der Waals surface area contributed by atoms with Gasteiger partial charge in [0.25, 0.3) is 0 Å². The molecular weight excluding hydrogens is 257 g/mol. The summed E-state index contributed by atoms with van der Waals surface area (Å²) in [7, 11) is 0. The Morgan fingerprint density at radius 3 is 2.56 bits per heavy atom. The van der Waals surface area contributed by atoms with Crippen molar-refractivity contribution in [3.8, 4) is 11.1 Å². The van der Waals surface area contributed by atoms with Crippen molar-refractivity contribution in [1.29, 1.82) is 0 Å². The first kappa shape index (κ1) is 10.1. The molecule has 2 aromatic rings. The molecule has 1 atom stereocenters. The zero-order valence-corrected chi connectivity index (χ0v) is 11.4. The molecule has 1 aliphatic heterocycles. The second-order valence-electron chi connectivity index (χ2n) is 4.36. The van der Waals surface area contributed by atoms with Crippen LogP contribution < -0.4 is 8.83 Å². The Balaban J connectivity index is 2.30. The zero-order valence-electron chi connectivity index (χ0n) is 9.51. The van der Waals surface area contributed by atoms with Crippen LogP contribution in [0.4, 0.5) is 0 Å². The number of hydrogen-bond acceptors (Lipinski definition) is 1. The Kier molecular flexibility index (Phi) is 2.37. The van der Waals surface area contributed by atoms with E-state index in [1.807, 2.05) is 12.3 Å². The molecule has 0 bridgehead atoms. The summed E-state index contributed by atoms with van der Waals surface area (Å²) in [6.45, 7) is 4.67. The molecule has 1 unspecified atom stereocenters. The fourth-order valence-corrected chi connectivity index (χ4v) is 7.85. The molecule has 80 valence electrons. The molecule has 0 amide bonds. The van der Waals surface area contributed by atoms with E-state index in [2.05, 4.69) is 49.2 Å². The minimum absolute atomic E-state index is 0.741. The van der Waals surface area contributed by atoms with Gasteiger partial charge in [-0.15, -0.1) is 0 Å². The third-order valence-corrected chi connectivity index (χ3v) is 8.76. The van der Waals surface area contributed by atoms with E-state index in [4.69, 9.17) is 0 Å². The Morgan fingerprint density at radius 1 is 1.00 bits per heavy atom. The average molecular weight is 271 g/mol. The van der Waals surface area contributed by atoms with E-state index >= 15 is 0 Å². The molecule has 2 heterocycles. The van der Waals surface area contributed by atoms with Crippen molar-refractivity contribution < 1.29 is 0 Å². The molecule has 1 aromatic carbocycles. The van der Waals surface area contributed by atoms with Gasteiger partial charge in [-0.05, 0) is 0 Å². The molecule has 1 aromatic heterocycles. The number of benzene rings is 1. The summed E-state index contributed by atoms with van der Waals surface area (Å²) in [6.07, 6.45) is 1.94. The summed E-state index contributed by atoms with van der Waals surface area (Å²) in [5.41, 5.74) is 2.81. The first-order valence-corrected chi connectivity index (χ1v) is 8.58. The molecule has 0 saturated carbocycles. The first-order valence-electron chi connectivity index (χ1n) is 5.62. The van der Waals surface area contributed by atoms with Crippen molar-refractivity contribution in [2.24, 2.45) is 0 Å². The number of nitrogens with zero attached hydrogens (tertiary/aromatic N) is 1. The summed E-state index contributed by atoms with van der Waals surface area (Å²) in [4.78, 5) is 4.64. The minimum atomic E-state index is -1.14. The number of pyridine rings is 1. The normalized spacial score (nSPS) is 17.3. The third-order valence-electron chi connectivity index (χ3n) is 2.99. The van der Waals surface area contributed by atoms with Gasteiger partial charge in [0.15, 0.2) is 0 Å². The van der Waals surface area contributed by atoms with E-state index < -0.39 is 14.7 Å².